The minimum Gasteiger partial charge on any atom is -0.345 e. The van der Waals surface area contributed by atoms with E-state index < -0.39 is 10.0 Å². The van der Waals surface area contributed by atoms with Gasteiger partial charge >= 0.3 is 0 Å². The van der Waals surface area contributed by atoms with Crippen molar-refractivity contribution in [2.24, 2.45) is 11.7 Å². The van der Waals surface area contributed by atoms with Crippen LogP contribution in [0, 0.1) is 5.92 Å². The first-order valence-corrected chi connectivity index (χ1v) is 8.24. The van der Waals surface area contributed by atoms with E-state index in [1.165, 1.54) is 6.20 Å². The zero-order chi connectivity index (χ0) is 14.2. The molecule has 1 aliphatic rings. The lowest BCUT2D eigenvalue weighted by molar-refractivity contribution is 0.453. The van der Waals surface area contributed by atoms with Crippen LogP contribution in [-0.2, 0) is 10.0 Å². The van der Waals surface area contributed by atoms with Crippen molar-refractivity contribution in [3.05, 3.63) is 24.5 Å². The number of aromatic amines is 1. The summed E-state index contributed by atoms with van der Waals surface area (Å²) in [7, 11) is -3.55. The van der Waals surface area contributed by atoms with E-state index in [0.29, 0.717) is 17.6 Å². The second-order valence-corrected chi connectivity index (χ2v) is 6.89. The third-order valence-corrected chi connectivity index (χ3v) is 5.50. The molecule has 0 aromatic carbocycles. The van der Waals surface area contributed by atoms with Crippen LogP contribution in [-0.4, -0.2) is 31.0 Å². The van der Waals surface area contributed by atoms with Gasteiger partial charge in [-0.2, -0.15) is 0 Å². The second kappa shape index (κ2) is 5.16. The van der Waals surface area contributed by atoms with Crippen LogP contribution in [0.15, 0.2) is 29.4 Å². The average Bonchev–Trinajstić information content (AvgIpc) is 3.04. The van der Waals surface area contributed by atoms with E-state index in [4.69, 9.17) is 5.73 Å². The first kappa shape index (κ1) is 13.5. The molecule has 0 aliphatic heterocycles. The summed E-state index contributed by atoms with van der Waals surface area (Å²) in [4.78, 5) is 7.25. The normalized spacial score (nSPS) is 23.4. The van der Waals surface area contributed by atoms with Gasteiger partial charge in [-0.3, -0.25) is 0 Å². The Morgan fingerprint density at radius 3 is 3.10 bits per heavy atom. The van der Waals surface area contributed by atoms with E-state index in [1.807, 2.05) is 0 Å². The van der Waals surface area contributed by atoms with Gasteiger partial charge in [-0.25, -0.2) is 18.1 Å². The monoisotopic (exact) mass is 294 g/mol. The molecule has 7 heteroatoms. The Morgan fingerprint density at radius 1 is 1.45 bits per heavy atom. The fourth-order valence-electron chi connectivity index (χ4n) is 2.89. The number of nitrogens with one attached hydrogen (secondary N) is 2. The summed E-state index contributed by atoms with van der Waals surface area (Å²) in [6.45, 7) is 0.516. The largest absolute Gasteiger partial charge is 0.345 e. The zero-order valence-corrected chi connectivity index (χ0v) is 11.9. The lowest BCUT2D eigenvalue weighted by atomic mass is 10.1. The van der Waals surface area contributed by atoms with E-state index in [-0.39, 0.29) is 16.9 Å². The smallest absolute Gasteiger partial charge is 0.243 e. The lowest BCUT2D eigenvalue weighted by Gasteiger charge is -2.19. The summed E-state index contributed by atoms with van der Waals surface area (Å²) in [6, 6.07) is 3.42. The molecule has 1 aliphatic carbocycles. The molecule has 1 fully saturated rings. The Kier molecular flexibility index (Phi) is 3.49. The molecule has 0 spiro atoms. The molecule has 2 atom stereocenters. The number of hydrogen-bond donors (Lipinski definition) is 3. The molecule has 6 nitrogen and oxygen atoms in total. The number of sulfonamides is 1. The van der Waals surface area contributed by atoms with Gasteiger partial charge in [-0.15, -0.1) is 0 Å². The minimum absolute atomic E-state index is 0.0633. The maximum atomic E-state index is 12.5. The number of hydrogen-bond acceptors (Lipinski definition) is 4. The summed E-state index contributed by atoms with van der Waals surface area (Å²) in [5.41, 5.74) is 6.28. The number of aromatic nitrogens is 2. The van der Waals surface area contributed by atoms with Gasteiger partial charge in [0.05, 0.1) is 0 Å². The van der Waals surface area contributed by atoms with Crippen molar-refractivity contribution in [3.63, 3.8) is 0 Å². The van der Waals surface area contributed by atoms with Crippen molar-refractivity contribution in [1.82, 2.24) is 14.7 Å². The van der Waals surface area contributed by atoms with Crippen LogP contribution in [0.3, 0.4) is 0 Å². The number of pyridine rings is 1. The molecule has 3 rings (SSSR count). The van der Waals surface area contributed by atoms with E-state index >= 15 is 0 Å². The number of nitrogens with two attached hydrogens (primary N) is 1. The topological polar surface area (TPSA) is 101 Å². The Morgan fingerprint density at radius 2 is 2.30 bits per heavy atom. The van der Waals surface area contributed by atoms with Gasteiger partial charge in [0.1, 0.15) is 10.5 Å². The zero-order valence-electron chi connectivity index (χ0n) is 11.0. The van der Waals surface area contributed by atoms with Gasteiger partial charge in [0.25, 0.3) is 0 Å². The van der Waals surface area contributed by atoms with Crippen LogP contribution in [0.25, 0.3) is 11.0 Å². The third kappa shape index (κ3) is 2.32. The first-order chi connectivity index (χ1) is 9.62. The van der Waals surface area contributed by atoms with Crippen molar-refractivity contribution in [3.8, 4) is 0 Å². The summed E-state index contributed by atoms with van der Waals surface area (Å²) >= 11 is 0. The average molecular weight is 294 g/mol. The molecule has 0 amide bonds. The van der Waals surface area contributed by atoms with Crippen LogP contribution in [0.4, 0.5) is 0 Å². The fourth-order valence-corrected chi connectivity index (χ4v) is 4.39. The highest BCUT2D eigenvalue weighted by atomic mass is 32.2. The Labute approximate surface area is 117 Å². The first-order valence-electron chi connectivity index (χ1n) is 6.76. The van der Waals surface area contributed by atoms with Gasteiger partial charge in [-0.05, 0) is 37.4 Å². The van der Waals surface area contributed by atoms with Crippen LogP contribution in [0.2, 0.25) is 0 Å². The predicted octanol–water partition coefficient (Wildman–Crippen LogP) is 0.969. The number of fused-ring (bicyclic) bond motifs is 1. The number of nitrogens with zero attached hydrogens (tertiary/aromatic N) is 1. The van der Waals surface area contributed by atoms with Crippen molar-refractivity contribution in [2.75, 3.05) is 6.54 Å². The molecule has 108 valence electrons. The summed E-state index contributed by atoms with van der Waals surface area (Å²) < 4.78 is 27.8. The molecule has 0 radical (unpaired) electrons. The lowest BCUT2D eigenvalue weighted by Crippen LogP contribution is -2.39. The molecule has 1 saturated carbocycles. The summed E-state index contributed by atoms with van der Waals surface area (Å²) in [5.74, 6) is 0.230. The molecular formula is C13H18N4O2S. The van der Waals surface area contributed by atoms with Crippen molar-refractivity contribution in [2.45, 2.75) is 30.2 Å². The van der Waals surface area contributed by atoms with Crippen LogP contribution >= 0.6 is 0 Å². The molecule has 2 aromatic rings. The van der Waals surface area contributed by atoms with Crippen molar-refractivity contribution >= 4 is 21.1 Å². The van der Waals surface area contributed by atoms with Gasteiger partial charge in [0, 0.05) is 23.8 Å². The van der Waals surface area contributed by atoms with Crippen molar-refractivity contribution < 1.29 is 8.42 Å². The summed E-state index contributed by atoms with van der Waals surface area (Å²) in [6.07, 6.45) is 5.97. The molecular weight excluding hydrogens is 276 g/mol. The highest BCUT2D eigenvalue weighted by molar-refractivity contribution is 7.89. The molecule has 4 N–H and O–H groups in total. The van der Waals surface area contributed by atoms with E-state index in [1.54, 1.807) is 18.3 Å². The highest BCUT2D eigenvalue weighted by Crippen LogP contribution is 2.27. The Hall–Kier alpha value is -1.44. The van der Waals surface area contributed by atoms with E-state index in [9.17, 15) is 8.42 Å². The fraction of sp³-hybridized carbons (Fsp3) is 0.462. The van der Waals surface area contributed by atoms with Crippen LogP contribution in [0.1, 0.15) is 19.3 Å². The van der Waals surface area contributed by atoms with Gasteiger partial charge in [-0.1, -0.05) is 6.42 Å². The maximum absolute atomic E-state index is 12.5. The summed E-state index contributed by atoms with van der Waals surface area (Å²) in [5, 5.41) is 0.613. The van der Waals surface area contributed by atoms with Crippen LogP contribution < -0.4 is 10.5 Å². The minimum atomic E-state index is -3.55. The quantitative estimate of drug-likeness (QED) is 0.782. The predicted molar refractivity (Wildman–Crippen MR) is 76.6 cm³/mol. The van der Waals surface area contributed by atoms with Gasteiger partial charge in [0.2, 0.25) is 10.0 Å². The Balaban J connectivity index is 1.92. The molecule has 2 heterocycles. The Bertz CT molecular complexity index is 710. The van der Waals surface area contributed by atoms with Gasteiger partial charge in [0.15, 0.2) is 0 Å². The van der Waals surface area contributed by atoms with E-state index in [0.717, 1.165) is 19.3 Å². The van der Waals surface area contributed by atoms with E-state index in [2.05, 4.69) is 14.7 Å². The molecule has 2 aromatic heterocycles. The molecule has 2 unspecified atom stereocenters. The van der Waals surface area contributed by atoms with Crippen LogP contribution in [0.5, 0.6) is 0 Å². The third-order valence-electron chi connectivity index (χ3n) is 3.97. The number of rotatable bonds is 4. The van der Waals surface area contributed by atoms with Gasteiger partial charge < -0.3 is 10.7 Å². The SMILES string of the molecule is NCC1CCCC1NS(=O)(=O)c1c[nH]c2ncccc12. The second-order valence-electron chi connectivity index (χ2n) is 5.21. The standard InChI is InChI=1S/C13H18N4O2S/c14-7-9-3-1-5-11(9)17-20(18,19)12-8-16-13-10(12)4-2-6-15-13/h2,4,6,8-9,11,17H,1,3,5,7,14H2,(H,15,16). The molecule has 0 saturated heterocycles. The number of H-pyrrole nitrogens is 1. The molecule has 0 bridgehead atoms. The highest BCUT2D eigenvalue weighted by Gasteiger charge is 2.31. The van der Waals surface area contributed by atoms with Crippen molar-refractivity contribution in [1.29, 1.82) is 0 Å². The maximum Gasteiger partial charge on any atom is 0.243 e. The molecule has 20 heavy (non-hydrogen) atoms.